The van der Waals surface area contributed by atoms with E-state index >= 15 is 0 Å². The van der Waals surface area contributed by atoms with Gasteiger partial charge < -0.3 is 4.57 Å². The lowest BCUT2D eigenvalue weighted by atomic mass is 10.2. The van der Waals surface area contributed by atoms with Crippen LogP contribution < -0.4 is 10.9 Å². The van der Waals surface area contributed by atoms with E-state index in [1.165, 1.54) is 34.2 Å². The molecule has 0 saturated heterocycles. The average Bonchev–Trinajstić information content (AvgIpc) is 2.96. The zero-order chi connectivity index (χ0) is 17.1. The largest absolute Gasteiger partial charge is 0.310 e. The topological polar surface area (TPSA) is 76.9 Å². The normalized spacial score (nSPS) is 10.6. The third kappa shape index (κ3) is 3.38. The number of pyridine rings is 1. The lowest BCUT2D eigenvalue weighted by Crippen LogP contribution is -2.29. The standard InChI is InChI=1S/C16H13FN4O2S/c1-10-19-20-16(24-10)18-14(22)12-6-4-8-21(15(12)23)9-11-5-2-3-7-13(11)17/h2-8H,9H2,1H3,(H,18,20,22). The first-order valence-corrected chi connectivity index (χ1v) is 7.90. The summed E-state index contributed by atoms with van der Waals surface area (Å²) in [6, 6.07) is 9.19. The van der Waals surface area contributed by atoms with E-state index in [-0.39, 0.29) is 12.1 Å². The third-order valence-corrected chi connectivity index (χ3v) is 4.06. The minimum atomic E-state index is -0.570. The average molecular weight is 344 g/mol. The van der Waals surface area contributed by atoms with E-state index < -0.39 is 17.3 Å². The zero-order valence-electron chi connectivity index (χ0n) is 12.7. The van der Waals surface area contributed by atoms with E-state index in [4.69, 9.17) is 0 Å². The molecule has 0 spiro atoms. The Morgan fingerprint density at radius 2 is 2.04 bits per heavy atom. The molecule has 24 heavy (non-hydrogen) atoms. The summed E-state index contributed by atoms with van der Waals surface area (Å²) in [6.45, 7) is 1.81. The molecular formula is C16H13FN4O2S. The molecule has 8 heteroatoms. The maximum atomic E-state index is 13.7. The van der Waals surface area contributed by atoms with Crippen molar-refractivity contribution in [1.29, 1.82) is 0 Å². The van der Waals surface area contributed by atoms with Crippen molar-refractivity contribution in [2.24, 2.45) is 0 Å². The van der Waals surface area contributed by atoms with Crippen molar-refractivity contribution in [1.82, 2.24) is 14.8 Å². The van der Waals surface area contributed by atoms with Gasteiger partial charge in [-0.05, 0) is 25.1 Å². The molecule has 0 aliphatic heterocycles. The molecule has 0 bridgehead atoms. The van der Waals surface area contributed by atoms with Crippen molar-refractivity contribution in [3.05, 3.63) is 74.9 Å². The first-order chi connectivity index (χ1) is 11.5. The summed E-state index contributed by atoms with van der Waals surface area (Å²) in [4.78, 5) is 24.7. The van der Waals surface area contributed by atoms with Gasteiger partial charge in [-0.25, -0.2) is 4.39 Å². The molecule has 0 atom stereocenters. The number of rotatable bonds is 4. The summed E-state index contributed by atoms with van der Waals surface area (Å²) in [6.07, 6.45) is 1.51. The molecule has 3 rings (SSSR count). The van der Waals surface area contributed by atoms with E-state index in [9.17, 15) is 14.0 Å². The number of amides is 1. The Bertz CT molecular complexity index is 951. The van der Waals surface area contributed by atoms with Gasteiger partial charge in [0.15, 0.2) is 0 Å². The van der Waals surface area contributed by atoms with E-state index in [0.29, 0.717) is 15.7 Å². The number of carbonyl (C=O) groups excluding carboxylic acids is 1. The van der Waals surface area contributed by atoms with Gasteiger partial charge in [0.25, 0.3) is 11.5 Å². The van der Waals surface area contributed by atoms with Gasteiger partial charge in [-0.1, -0.05) is 29.5 Å². The zero-order valence-corrected chi connectivity index (χ0v) is 13.5. The van der Waals surface area contributed by atoms with Crippen LogP contribution in [-0.2, 0) is 6.54 Å². The molecule has 1 amide bonds. The fraction of sp³-hybridized carbons (Fsp3) is 0.125. The molecule has 6 nitrogen and oxygen atoms in total. The first kappa shape index (κ1) is 16.0. The van der Waals surface area contributed by atoms with Crippen molar-refractivity contribution in [3.63, 3.8) is 0 Å². The summed E-state index contributed by atoms with van der Waals surface area (Å²) in [7, 11) is 0. The Labute approximate surface area is 140 Å². The quantitative estimate of drug-likeness (QED) is 0.789. The molecule has 0 radical (unpaired) electrons. The van der Waals surface area contributed by atoms with Crippen LogP contribution in [0, 0.1) is 12.7 Å². The summed E-state index contributed by atoms with van der Waals surface area (Å²) < 4.78 is 15.0. The van der Waals surface area contributed by atoms with Crippen molar-refractivity contribution < 1.29 is 9.18 Å². The molecule has 0 aliphatic carbocycles. The smallest absolute Gasteiger partial charge is 0.263 e. The Morgan fingerprint density at radius 3 is 2.75 bits per heavy atom. The van der Waals surface area contributed by atoms with Crippen LogP contribution in [0.2, 0.25) is 0 Å². The number of nitrogens with one attached hydrogen (secondary N) is 1. The number of halogens is 1. The van der Waals surface area contributed by atoms with E-state index in [2.05, 4.69) is 15.5 Å². The predicted molar refractivity (Wildman–Crippen MR) is 88.8 cm³/mol. The number of benzene rings is 1. The minimum Gasteiger partial charge on any atom is -0.310 e. The number of carbonyl (C=O) groups is 1. The highest BCUT2D eigenvalue weighted by Gasteiger charge is 2.15. The Kier molecular flexibility index (Phi) is 4.48. The number of aromatic nitrogens is 3. The van der Waals surface area contributed by atoms with Gasteiger partial charge in [-0.2, -0.15) is 0 Å². The van der Waals surface area contributed by atoms with Gasteiger partial charge in [0, 0.05) is 11.8 Å². The molecule has 0 fully saturated rings. The van der Waals surface area contributed by atoms with Crippen LogP contribution in [0.4, 0.5) is 9.52 Å². The molecular weight excluding hydrogens is 331 g/mol. The van der Waals surface area contributed by atoms with Gasteiger partial charge in [0.05, 0.1) is 6.54 Å². The molecule has 122 valence electrons. The van der Waals surface area contributed by atoms with Gasteiger partial charge in [0.2, 0.25) is 5.13 Å². The second-order valence-electron chi connectivity index (χ2n) is 5.03. The summed E-state index contributed by atoms with van der Waals surface area (Å²) in [5.74, 6) is -0.970. The number of hydrogen-bond acceptors (Lipinski definition) is 5. The highest BCUT2D eigenvalue weighted by molar-refractivity contribution is 7.15. The molecule has 3 aromatic rings. The fourth-order valence-electron chi connectivity index (χ4n) is 2.16. The van der Waals surface area contributed by atoms with Crippen LogP contribution in [0.3, 0.4) is 0 Å². The Morgan fingerprint density at radius 1 is 1.25 bits per heavy atom. The van der Waals surface area contributed by atoms with Crippen LogP contribution in [-0.4, -0.2) is 20.7 Å². The van der Waals surface area contributed by atoms with Crippen LogP contribution in [0.1, 0.15) is 20.9 Å². The number of anilines is 1. The number of hydrogen-bond donors (Lipinski definition) is 1. The highest BCUT2D eigenvalue weighted by Crippen LogP contribution is 2.14. The minimum absolute atomic E-state index is 0.0401. The van der Waals surface area contributed by atoms with Gasteiger partial charge in [-0.15, -0.1) is 10.2 Å². The van der Waals surface area contributed by atoms with E-state index in [0.717, 1.165) is 0 Å². The van der Waals surface area contributed by atoms with Crippen LogP contribution in [0.5, 0.6) is 0 Å². The summed E-state index contributed by atoms with van der Waals surface area (Å²) >= 11 is 1.21. The lowest BCUT2D eigenvalue weighted by Gasteiger charge is -2.08. The van der Waals surface area contributed by atoms with Crippen molar-refractivity contribution in [3.8, 4) is 0 Å². The summed E-state index contributed by atoms with van der Waals surface area (Å²) in [5, 5.41) is 11.2. The van der Waals surface area contributed by atoms with Crippen LogP contribution in [0.25, 0.3) is 0 Å². The predicted octanol–water partition coefficient (Wildman–Crippen LogP) is 2.45. The monoisotopic (exact) mass is 344 g/mol. The summed E-state index contributed by atoms with van der Waals surface area (Å²) in [5.41, 5.74) is -0.168. The van der Waals surface area contributed by atoms with Crippen LogP contribution in [0.15, 0.2) is 47.4 Å². The molecule has 0 aliphatic rings. The SMILES string of the molecule is Cc1nnc(NC(=O)c2cccn(Cc3ccccc3F)c2=O)s1. The van der Waals surface area contributed by atoms with Crippen molar-refractivity contribution in [2.45, 2.75) is 13.5 Å². The Hall–Kier alpha value is -2.87. The molecule has 2 aromatic heterocycles. The highest BCUT2D eigenvalue weighted by atomic mass is 32.1. The fourth-order valence-corrected chi connectivity index (χ4v) is 2.74. The molecule has 1 aromatic carbocycles. The lowest BCUT2D eigenvalue weighted by molar-refractivity contribution is 0.102. The maximum Gasteiger partial charge on any atom is 0.263 e. The maximum absolute atomic E-state index is 13.7. The first-order valence-electron chi connectivity index (χ1n) is 7.09. The second kappa shape index (κ2) is 6.71. The number of nitrogens with zero attached hydrogens (tertiary/aromatic N) is 3. The van der Waals surface area contributed by atoms with E-state index in [1.807, 2.05) is 0 Å². The molecule has 1 N–H and O–H groups in total. The Balaban J connectivity index is 1.87. The number of aryl methyl sites for hydroxylation is 1. The van der Waals surface area contributed by atoms with Gasteiger partial charge in [0.1, 0.15) is 16.4 Å². The van der Waals surface area contributed by atoms with E-state index in [1.54, 1.807) is 31.2 Å². The molecule has 2 heterocycles. The second-order valence-corrected chi connectivity index (χ2v) is 6.21. The van der Waals surface area contributed by atoms with Gasteiger partial charge in [-0.3, -0.25) is 14.9 Å². The van der Waals surface area contributed by atoms with Crippen LogP contribution >= 0.6 is 11.3 Å². The van der Waals surface area contributed by atoms with Crippen molar-refractivity contribution >= 4 is 22.4 Å². The third-order valence-electron chi connectivity index (χ3n) is 3.31. The molecule has 0 unspecified atom stereocenters. The molecule has 0 saturated carbocycles. The van der Waals surface area contributed by atoms with Gasteiger partial charge >= 0.3 is 0 Å². The van der Waals surface area contributed by atoms with Crippen molar-refractivity contribution in [2.75, 3.05) is 5.32 Å².